The predicted octanol–water partition coefficient (Wildman–Crippen LogP) is 3.40. The Kier molecular flexibility index (Phi) is 3.88. The van der Waals surface area contributed by atoms with Gasteiger partial charge in [-0.2, -0.15) is 5.10 Å². The fourth-order valence-electron chi connectivity index (χ4n) is 3.02. The van der Waals surface area contributed by atoms with Crippen molar-refractivity contribution in [3.63, 3.8) is 0 Å². The van der Waals surface area contributed by atoms with Crippen LogP contribution in [0.15, 0.2) is 31.1 Å². The summed E-state index contributed by atoms with van der Waals surface area (Å²) in [4.78, 5) is 2.58. The number of rotatable bonds is 5. The van der Waals surface area contributed by atoms with Crippen LogP contribution in [0.1, 0.15) is 37.3 Å². The third-order valence-corrected chi connectivity index (χ3v) is 4.18. The average Bonchev–Trinajstić information content (AvgIpc) is 3.06. The SMILES string of the molecule is C=C(C)c1cnn2cc(CCCN3CCCC3)ccc12. The predicted molar refractivity (Wildman–Crippen MR) is 83.9 cm³/mol. The molecule has 2 aromatic heterocycles. The molecule has 1 aliphatic heterocycles. The van der Waals surface area contributed by atoms with Crippen LogP contribution in [0.5, 0.6) is 0 Å². The van der Waals surface area contributed by atoms with E-state index < -0.39 is 0 Å². The van der Waals surface area contributed by atoms with Crippen molar-refractivity contribution in [2.24, 2.45) is 0 Å². The van der Waals surface area contributed by atoms with Crippen molar-refractivity contribution in [2.75, 3.05) is 19.6 Å². The van der Waals surface area contributed by atoms with E-state index in [0.29, 0.717) is 0 Å². The maximum atomic E-state index is 4.43. The van der Waals surface area contributed by atoms with Crippen LogP contribution in [0.4, 0.5) is 0 Å². The van der Waals surface area contributed by atoms with Crippen molar-refractivity contribution in [3.8, 4) is 0 Å². The number of pyridine rings is 1. The van der Waals surface area contributed by atoms with Crippen LogP contribution in [-0.2, 0) is 6.42 Å². The summed E-state index contributed by atoms with van der Waals surface area (Å²) >= 11 is 0. The molecule has 3 heteroatoms. The maximum absolute atomic E-state index is 4.43. The van der Waals surface area contributed by atoms with Crippen molar-refractivity contribution in [3.05, 3.63) is 42.2 Å². The van der Waals surface area contributed by atoms with Crippen molar-refractivity contribution >= 4 is 11.1 Å². The zero-order valence-electron chi connectivity index (χ0n) is 12.3. The van der Waals surface area contributed by atoms with Crippen LogP contribution < -0.4 is 0 Å². The van der Waals surface area contributed by atoms with E-state index in [4.69, 9.17) is 0 Å². The smallest absolute Gasteiger partial charge is 0.0736 e. The number of aromatic nitrogens is 2. The number of fused-ring (bicyclic) bond motifs is 1. The van der Waals surface area contributed by atoms with Gasteiger partial charge in [-0.3, -0.25) is 0 Å². The maximum Gasteiger partial charge on any atom is 0.0736 e. The van der Waals surface area contributed by atoms with Gasteiger partial charge in [-0.25, -0.2) is 4.52 Å². The molecule has 3 heterocycles. The lowest BCUT2D eigenvalue weighted by Crippen LogP contribution is -2.20. The lowest BCUT2D eigenvalue weighted by Gasteiger charge is -2.13. The van der Waals surface area contributed by atoms with Crippen molar-refractivity contribution in [2.45, 2.75) is 32.6 Å². The van der Waals surface area contributed by atoms with E-state index >= 15 is 0 Å². The Balaban J connectivity index is 1.65. The highest BCUT2D eigenvalue weighted by Gasteiger charge is 2.10. The summed E-state index contributed by atoms with van der Waals surface area (Å²) in [7, 11) is 0. The lowest BCUT2D eigenvalue weighted by molar-refractivity contribution is 0.334. The number of aryl methyl sites for hydroxylation is 1. The summed E-state index contributed by atoms with van der Waals surface area (Å²) in [6, 6.07) is 4.40. The molecule has 0 saturated carbocycles. The van der Waals surface area contributed by atoms with Crippen molar-refractivity contribution in [1.82, 2.24) is 14.5 Å². The highest BCUT2D eigenvalue weighted by Crippen LogP contribution is 2.19. The number of hydrogen-bond donors (Lipinski definition) is 0. The molecule has 1 saturated heterocycles. The Hall–Kier alpha value is -1.61. The largest absolute Gasteiger partial charge is 0.303 e. The zero-order valence-corrected chi connectivity index (χ0v) is 12.3. The molecule has 0 aliphatic carbocycles. The van der Waals surface area contributed by atoms with E-state index in [2.05, 4.69) is 34.9 Å². The van der Waals surface area contributed by atoms with Gasteiger partial charge in [-0.15, -0.1) is 0 Å². The molecule has 2 aromatic rings. The van der Waals surface area contributed by atoms with E-state index in [1.807, 2.05) is 17.6 Å². The standard InChI is InChI=1S/C17H23N3/c1-14(2)16-12-18-20-13-15(7-8-17(16)20)6-5-11-19-9-3-4-10-19/h7-8,12-13H,1,3-6,9-11H2,2H3. The molecule has 1 aliphatic rings. The normalized spacial score (nSPS) is 16.1. The Morgan fingerprint density at radius 3 is 2.85 bits per heavy atom. The molecule has 0 bridgehead atoms. The highest BCUT2D eigenvalue weighted by molar-refractivity contribution is 5.75. The van der Waals surface area contributed by atoms with Crippen LogP contribution in [0.3, 0.4) is 0 Å². The Bertz CT molecular complexity index is 606. The van der Waals surface area contributed by atoms with Gasteiger partial charge in [0.15, 0.2) is 0 Å². The quantitative estimate of drug-likeness (QED) is 0.829. The van der Waals surface area contributed by atoms with Gasteiger partial charge in [-0.05, 0) is 69.4 Å². The number of allylic oxidation sites excluding steroid dienone is 1. The van der Waals surface area contributed by atoms with Crippen LogP contribution in [0.2, 0.25) is 0 Å². The van der Waals surface area contributed by atoms with Crippen LogP contribution in [0, 0.1) is 0 Å². The van der Waals surface area contributed by atoms with E-state index in [-0.39, 0.29) is 0 Å². The topological polar surface area (TPSA) is 20.5 Å². The summed E-state index contributed by atoms with van der Waals surface area (Å²) in [6.45, 7) is 9.85. The molecule has 0 aromatic carbocycles. The van der Waals surface area contributed by atoms with Crippen molar-refractivity contribution in [1.29, 1.82) is 0 Å². The average molecular weight is 269 g/mol. The monoisotopic (exact) mass is 269 g/mol. The second kappa shape index (κ2) is 5.80. The summed E-state index contributed by atoms with van der Waals surface area (Å²) in [5.41, 5.74) is 4.74. The van der Waals surface area contributed by atoms with Gasteiger partial charge >= 0.3 is 0 Å². The molecule has 20 heavy (non-hydrogen) atoms. The first-order valence-electron chi connectivity index (χ1n) is 7.58. The summed E-state index contributed by atoms with van der Waals surface area (Å²) in [5, 5.41) is 4.43. The molecule has 0 unspecified atom stereocenters. The van der Waals surface area contributed by atoms with Gasteiger partial charge in [-0.1, -0.05) is 12.6 Å². The van der Waals surface area contributed by atoms with Gasteiger partial charge in [0, 0.05) is 11.8 Å². The summed E-state index contributed by atoms with van der Waals surface area (Å²) < 4.78 is 1.98. The minimum Gasteiger partial charge on any atom is -0.303 e. The van der Waals surface area contributed by atoms with Crippen LogP contribution >= 0.6 is 0 Å². The van der Waals surface area contributed by atoms with Crippen LogP contribution in [0.25, 0.3) is 11.1 Å². The summed E-state index contributed by atoms with van der Waals surface area (Å²) in [6.07, 6.45) is 9.19. The third-order valence-electron chi connectivity index (χ3n) is 4.18. The number of likely N-dealkylation sites (tertiary alicyclic amines) is 1. The molecular weight excluding hydrogens is 246 g/mol. The highest BCUT2D eigenvalue weighted by atomic mass is 15.2. The fourth-order valence-corrected chi connectivity index (χ4v) is 3.02. The molecule has 3 rings (SSSR count). The van der Waals surface area contributed by atoms with Crippen molar-refractivity contribution < 1.29 is 0 Å². The summed E-state index contributed by atoms with van der Waals surface area (Å²) in [5.74, 6) is 0. The molecule has 3 nitrogen and oxygen atoms in total. The first kappa shape index (κ1) is 13.4. The molecular formula is C17H23N3. The minimum absolute atomic E-state index is 1.07. The first-order valence-corrected chi connectivity index (χ1v) is 7.58. The molecule has 0 atom stereocenters. The molecule has 0 N–H and O–H groups in total. The number of nitrogens with zero attached hydrogens (tertiary/aromatic N) is 3. The Morgan fingerprint density at radius 2 is 2.10 bits per heavy atom. The van der Waals surface area contributed by atoms with E-state index in [1.54, 1.807) is 0 Å². The fraction of sp³-hybridized carbons (Fsp3) is 0.471. The zero-order chi connectivity index (χ0) is 13.9. The van der Waals surface area contributed by atoms with Gasteiger partial charge < -0.3 is 4.90 Å². The first-order chi connectivity index (χ1) is 9.74. The van der Waals surface area contributed by atoms with Gasteiger partial charge in [0.2, 0.25) is 0 Å². The molecule has 1 fully saturated rings. The van der Waals surface area contributed by atoms with Gasteiger partial charge in [0.05, 0.1) is 11.7 Å². The van der Waals surface area contributed by atoms with E-state index in [9.17, 15) is 0 Å². The Morgan fingerprint density at radius 1 is 1.30 bits per heavy atom. The number of hydrogen-bond acceptors (Lipinski definition) is 2. The molecule has 0 radical (unpaired) electrons. The molecule has 0 spiro atoms. The third kappa shape index (κ3) is 2.78. The lowest BCUT2D eigenvalue weighted by atomic mass is 10.1. The van der Waals surface area contributed by atoms with Crippen LogP contribution in [-0.4, -0.2) is 34.1 Å². The van der Waals surface area contributed by atoms with Gasteiger partial charge in [0.25, 0.3) is 0 Å². The Labute approximate surface area is 120 Å². The minimum atomic E-state index is 1.07. The second-order valence-corrected chi connectivity index (χ2v) is 5.86. The molecule has 0 amide bonds. The van der Waals surface area contributed by atoms with Gasteiger partial charge in [0.1, 0.15) is 0 Å². The molecule has 106 valence electrons. The van der Waals surface area contributed by atoms with E-state index in [1.165, 1.54) is 44.5 Å². The van der Waals surface area contributed by atoms with E-state index in [0.717, 1.165) is 23.1 Å². The second-order valence-electron chi connectivity index (χ2n) is 5.86.